The van der Waals surface area contributed by atoms with E-state index < -0.39 is 0 Å². The Hall–Kier alpha value is -2.74. The summed E-state index contributed by atoms with van der Waals surface area (Å²) >= 11 is 0. The number of anilines is 2. The fourth-order valence-corrected chi connectivity index (χ4v) is 3.56. The monoisotopic (exact) mass is 314 g/mol. The predicted molar refractivity (Wildman–Crippen MR) is 104 cm³/mol. The van der Waals surface area contributed by atoms with Gasteiger partial charge in [-0.1, -0.05) is 42.0 Å². The summed E-state index contributed by atoms with van der Waals surface area (Å²) in [6.45, 7) is 5.27. The van der Waals surface area contributed by atoms with Gasteiger partial charge in [-0.3, -0.25) is 0 Å². The van der Waals surface area contributed by atoms with Crippen molar-refractivity contribution in [2.45, 2.75) is 13.8 Å². The molecule has 120 valence electrons. The van der Waals surface area contributed by atoms with Crippen molar-refractivity contribution in [2.75, 3.05) is 11.4 Å². The second-order valence-electron chi connectivity index (χ2n) is 6.36. The molecular weight excluding hydrogens is 292 g/mol. The number of fused-ring (bicyclic) bond motifs is 3. The molecule has 0 aliphatic heterocycles. The molecule has 0 spiro atoms. The molecule has 0 aliphatic carbocycles. The predicted octanol–water partition coefficient (Wildman–Crippen LogP) is 5.80. The van der Waals surface area contributed by atoms with Crippen molar-refractivity contribution in [1.82, 2.24) is 4.57 Å². The Bertz CT molecular complexity index is 1010. The summed E-state index contributed by atoms with van der Waals surface area (Å²) in [5.74, 6) is 0. The van der Waals surface area contributed by atoms with Crippen LogP contribution in [0.25, 0.3) is 21.8 Å². The Kier molecular flexibility index (Phi) is 3.53. The summed E-state index contributed by atoms with van der Waals surface area (Å²) < 4.78 is 2.29. The van der Waals surface area contributed by atoms with Gasteiger partial charge >= 0.3 is 0 Å². The molecule has 2 nitrogen and oxygen atoms in total. The number of rotatable bonds is 3. The SMILES string of the molecule is CCN(c1ccc(C)cc1)c1ccc2c3ccccc3n(C)c2c1. The zero-order valence-electron chi connectivity index (χ0n) is 14.5. The molecule has 0 unspecified atom stereocenters. The topological polar surface area (TPSA) is 8.17 Å². The fraction of sp³-hybridized carbons (Fsp3) is 0.182. The van der Waals surface area contributed by atoms with Crippen LogP contribution in [0.2, 0.25) is 0 Å². The lowest BCUT2D eigenvalue weighted by atomic mass is 10.1. The Labute approximate surface area is 142 Å². The maximum atomic E-state index is 2.36. The Morgan fingerprint density at radius 1 is 0.792 bits per heavy atom. The third-order valence-electron chi connectivity index (χ3n) is 4.87. The van der Waals surface area contributed by atoms with Gasteiger partial charge < -0.3 is 9.47 Å². The van der Waals surface area contributed by atoms with Crippen molar-refractivity contribution in [1.29, 1.82) is 0 Å². The average Bonchev–Trinajstić information content (AvgIpc) is 2.90. The van der Waals surface area contributed by atoms with Crippen LogP contribution in [0.3, 0.4) is 0 Å². The molecule has 2 heteroatoms. The van der Waals surface area contributed by atoms with Crippen LogP contribution < -0.4 is 4.90 Å². The lowest BCUT2D eigenvalue weighted by molar-refractivity contribution is 1.00. The van der Waals surface area contributed by atoms with Crippen LogP contribution >= 0.6 is 0 Å². The first kappa shape index (κ1) is 14.8. The number of benzene rings is 3. The molecule has 3 aromatic carbocycles. The number of aromatic nitrogens is 1. The summed E-state index contributed by atoms with van der Waals surface area (Å²) in [5.41, 5.74) is 6.32. The van der Waals surface area contributed by atoms with Crippen molar-refractivity contribution in [3.05, 3.63) is 72.3 Å². The molecule has 0 fully saturated rings. The number of hydrogen-bond acceptors (Lipinski definition) is 1. The summed E-state index contributed by atoms with van der Waals surface area (Å²) in [7, 11) is 2.15. The van der Waals surface area contributed by atoms with Crippen molar-refractivity contribution < 1.29 is 0 Å². The van der Waals surface area contributed by atoms with Gasteiger partial charge in [0.15, 0.2) is 0 Å². The molecule has 0 atom stereocenters. The van der Waals surface area contributed by atoms with Crippen molar-refractivity contribution in [3.8, 4) is 0 Å². The smallest absolute Gasteiger partial charge is 0.0509 e. The summed E-state index contributed by atoms with van der Waals surface area (Å²) in [5, 5.41) is 2.64. The molecule has 1 aromatic heterocycles. The number of aryl methyl sites for hydroxylation is 2. The molecule has 1 heterocycles. The van der Waals surface area contributed by atoms with E-state index in [-0.39, 0.29) is 0 Å². The summed E-state index contributed by atoms with van der Waals surface area (Å²) in [4.78, 5) is 2.36. The second kappa shape index (κ2) is 5.72. The lowest BCUT2D eigenvalue weighted by Crippen LogP contribution is -2.15. The van der Waals surface area contributed by atoms with Gasteiger partial charge in [-0.15, -0.1) is 0 Å². The van der Waals surface area contributed by atoms with E-state index in [1.807, 2.05) is 0 Å². The minimum absolute atomic E-state index is 0.943. The van der Waals surface area contributed by atoms with E-state index in [2.05, 4.69) is 97.1 Å². The molecule has 0 aliphatic rings. The molecule has 0 bridgehead atoms. The first-order valence-electron chi connectivity index (χ1n) is 8.50. The van der Waals surface area contributed by atoms with Crippen LogP contribution in [0.4, 0.5) is 11.4 Å². The van der Waals surface area contributed by atoms with E-state index in [9.17, 15) is 0 Å². The van der Waals surface area contributed by atoms with Gasteiger partial charge in [-0.25, -0.2) is 0 Å². The van der Waals surface area contributed by atoms with Crippen LogP contribution in [0.5, 0.6) is 0 Å². The zero-order valence-corrected chi connectivity index (χ0v) is 14.5. The molecule has 0 saturated carbocycles. The van der Waals surface area contributed by atoms with Gasteiger partial charge in [0.05, 0.1) is 5.52 Å². The van der Waals surface area contributed by atoms with Gasteiger partial charge in [-0.2, -0.15) is 0 Å². The van der Waals surface area contributed by atoms with Crippen LogP contribution in [0, 0.1) is 6.92 Å². The normalized spacial score (nSPS) is 11.3. The van der Waals surface area contributed by atoms with Crippen LogP contribution in [-0.2, 0) is 7.05 Å². The summed E-state index contributed by atoms with van der Waals surface area (Å²) in [6.07, 6.45) is 0. The van der Waals surface area contributed by atoms with Crippen LogP contribution in [0.15, 0.2) is 66.7 Å². The molecule has 0 radical (unpaired) electrons. The summed E-state index contributed by atoms with van der Waals surface area (Å²) in [6, 6.07) is 24.1. The zero-order chi connectivity index (χ0) is 16.7. The van der Waals surface area contributed by atoms with Gasteiger partial charge in [0.25, 0.3) is 0 Å². The van der Waals surface area contributed by atoms with E-state index in [0.29, 0.717) is 0 Å². The maximum Gasteiger partial charge on any atom is 0.0509 e. The quantitative estimate of drug-likeness (QED) is 0.464. The highest BCUT2D eigenvalue weighted by Crippen LogP contribution is 2.33. The largest absolute Gasteiger partial charge is 0.344 e. The fourth-order valence-electron chi connectivity index (χ4n) is 3.56. The lowest BCUT2D eigenvalue weighted by Gasteiger charge is -2.23. The molecule has 4 rings (SSSR count). The minimum atomic E-state index is 0.943. The Morgan fingerprint density at radius 2 is 1.46 bits per heavy atom. The number of hydrogen-bond donors (Lipinski definition) is 0. The highest BCUT2D eigenvalue weighted by atomic mass is 15.1. The number of para-hydroxylation sites is 1. The van der Waals surface area contributed by atoms with Gasteiger partial charge in [0, 0.05) is 41.3 Å². The average molecular weight is 314 g/mol. The van der Waals surface area contributed by atoms with Crippen molar-refractivity contribution in [2.24, 2.45) is 7.05 Å². The van der Waals surface area contributed by atoms with Crippen molar-refractivity contribution >= 4 is 33.2 Å². The Morgan fingerprint density at radius 3 is 2.21 bits per heavy atom. The van der Waals surface area contributed by atoms with E-state index in [0.717, 1.165) is 6.54 Å². The molecule has 0 saturated heterocycles. The van der Waals surface area contributed by atoms with Gasteiger partial charge in [0.2, 0.25) is 0 Å². The van der Waals surface area contributed by atoms with Gasteiger partial charge in [0.1, 0.15) is 0 Å². The standard InChI is InChI=1S/C22H22N2/c1-4-24(17-11-9-16(2)10-12-17)18-13-14-20-19-7-5-6-8-21(19)23(3)22(20)15-18/h5-15H,4H2,1-3H3. The van der Waals surface area contributed by atoms with E-state index in [4.69, 9.17) is 0 Å². The van der Waals surface area contributed by atoms with E-state index in [1.165, 1.54) is 38.7 Å². The van der Waals surface area contributed by atoms with E-state index in [1.54, 1.807) is 0 Å². The molecule has 24 heavy (non-hydrogen) atoms. The molecule has 0 N–H and O–H groups in total. The molecule has 0 amide bonds. The number of nitrogens with zero attached hydrogens (tertiary/aromatic N) is 2. The molecule has 4 aromatic rings. The van der Waals surface area contributed by atoms with Crippen LogP contribution in [-0.4, -0.2) is 11.1 Å². The maximum absolute atomic E-state index is 2.36. The van der Waals surface area contributed by atoms with Gasteiger partial charge in [-0.05, 0) is 44.2 Å². The second-order valence-corrected chi connectivity index (χ2v) is 6.36. The molecular formula is C22H22N2. The Balaban J connectivity index is 1.88. The first-order chi connectivity index (χ1) is 11.7. The van der Waals surface area contributed by atoms with E-state index >= 15 is 0 Å². The first-order valence-corrected chi connectivity index (χ1v) is 8.50. The third kappa shape index (κ3) is 2.26. The minimum Gasteiger partial charge on any atom is -0.344 e. The highest BCUT2D eigenvalue weighted by molar-refractivity contribution is 6.08. The van der Waals surface area contributed by atoms with Crippen LogP contribution in [0.1, 0.15) is 12.5 Å². The third-order valence-corrected chi connectivity index (χ3v) is 4.87. The highest BCUT2D eigenvalue weighted by Gasteiger charge is 2.12. The van der Waals surface area contributed by atoms with Crippen molar-refractivity contribution in [3.63, 3.8) is 0 Å².